The maximum Gasteiger partial charge on any atom is 0.147 e. The molecule has 0 amide bonds. The molecule has 4 heterocycles. The van der Waals surface area contributed by atoms with Crippen LogP contribution in [0.25, 0.3) is 78.7 Å². The second kappa shape index (κ2) is 6.36. The van der Waals surface area contributed by atoms with Crippen LogP contribution in [0.15, 0.2) is 97.1 Å². The first-order valence-corrected chi connectivity index (χ1v) is 13.4. The highest BCUT2D eigenvalue weighted by atomic mass is 32.1. The van der Waals surface area contributed by atoms with Gasteiger partial charge in [-0.2, -0.15) is 0 Å². The maximum atomic E-state index is 5.21. The Morgan fingerprint density at radius 3 is 2.11 bits per heavy atom. The van der Waals surface area contributed by atoms with Crippen LogP contribution in [0.4, 0.5) is 0 Å². The van der Waals surface area contributed by atoms with E-state index in [9.17, 15) is 0 Å². The zero-order chi connectivity index (χ0) is 22.7. The van der Waals surface area contributed by atoms with Crippen molar-refractivity contribution in [2.24, 2.45) is 0 Å². The average Bonchev–Trinajstić information content (AvgIpc) is 3.58. The maximum absolute atomic E-state index is 5.21. The lowest BCUT2D eigenvalue weighted by Gasteiger charge is -2.10. The molecule has 0 unspecified atom stereocenters. The van der Waals surface area contributed by atoms with Gasteiger partial charge in [0.05, 0.1) is 16.6 Å². The summed E-state index contributed by atoms with van der Waals surface area (Å²) in [7, 11) is 0. The molecule has 2 nitrogen and oxygen atoms in total. The Balaban J connectivity index is 1.63. The van der Waals surface area contributed by atoms with Crippen LogP contribution < -0.4 is 0 Å². The largest absolute Gasteiger partial charge is 0.292 e. The number of benzene rings is 5. The van der Waals surface area contributed by atoms with Crippen LogP contribution in [0.5, 0.6) is 0 Å². The third-order valence-electron chi connectivity index (χ3n) is 7.36. The molecule has 0 fully saturated rings. The molecule has 0 N–H and O–H groups in total. The Kier molecular flexibility index (Phi) is 3.34. The van der Waals surface area contributed by atoms with Gasteiger partial charge < -0.3 is 0 Å². The van der Waals surface area contributed by atoms with Crippen LogP contribution in [-0.4, -0.2) is 9.38 Å². The lowest BCUT2D eigenvalue weighted by molar-refractivity contribution is 1.32. The fourth-order valence-electron chi connectivity index (χ4n) is 5.83. The van der Waals surface area contributed by atoms with E-state index in [-0.39, 0.29) is 0 Å². The molecule has 0 saturated carbocycles. The van der Waals surface area contributed by atoms with Gasteiger partial charge in [0, 0.05) is 51.1 Å². The number of imidazole rings is 1. The average molecular weight is 481 g/mol. The Labute approximate surface area is 207 Å². The first kappa shape index (κ1) is 18.4. The van der Waals surface area contributed by atoms with Gasteiger partial charge in [-0.25, -0.2) is 4.98 Å². The number of para-hydroxylation sites is 2. The molecule has 0 radical (unpaired) electrons. The van der Waals surface area contributed by atoms with Gasteiger partial charge >= 0.3 is 0 Å². The summed E-state index contributed by atoms with van der Waals surface area (Å²) in [4.78, 5) is 5.21. The highest BCUT2D eigenvalue weighted by molar-refractivity contribution is 7.27. The summed E-state index contributed by atoms with van der Waals surface area (Å²) in [5, 5.41) is 9.12. The van der Waals surface area contributed by atoms with E-state index in [0.717, 1.165) is 16.7 Å². The van der Waals surface area contributed by atoms with Gasteiger partial charge in [0.2, 0.25) is 0 Å². The van der Waals surface area contributed by atoms with Crippen LogP contribution in [0.2, 0.25) is 0 Å². The number of pyridine rings is 1. The standard InChI is InChI=1S/C31H16N2S2/c1-6-12-27-17(7-1)20-14-13-19-21-15-22-18-8-2-5-11-26(18)34-28(22)16-25(21)33-24-10-4-3-9-23(24)32-31(33)29(19)30(20)35-27/h1-16H. The summed E-state index contributed by atoms with van der Waals surface area (Å²) < 4.78 is 7.69. The monoisotopic (exact) mass is 480 g/mol. The van der Waals surface area contributed by atoms with Crippen molar-refractivity contribution < 1.29 is 0 Å². The molecule has 0 atom stereocenters. The molecule has 5 aromatic carbocycles. The highest BCUT2D eigenvalue weighted by Crippen LogP contribution is 2.44. The van der Waals surface area contributed by atoms with Crippen molar-refractivity contribution in [2.75, 3.05) is 0 Å². The SMILES string of the molecule is c1ccc2c(c1)nc1c3c(ccc4c5ccccc5sc43)c3cc4c(cc3n21)sc1ccccc14. The minimum Gasteiger partial charge on any atom is -0.292 e. The minimum absolute atomic E-state index is 1.04. The van der Waals surface area contributed by atoms with Crippen molar-refractivity contribution in [3.05, 3.63) is 97.1 Å². The summed E-state index contributed by atoms with van der Waals surface area (Å²) in [6.07, 6.45) is 0. The molecule has 0 bridgehead atoms. The molecule has 35 heavy (non-hydrogen) atoms. The van der Waals surface area contributed by atoms with E-state index in [1.165, 1.54) is 62.0 Å². The van der Waals surface area contributed by atoms with Crippen LogP contribution in [0.3, 0.4) is 0 Å². The number of hydrogen-bond donors (Lipinski definition) is 0. The highest BCUT2D eigenvalue weighted by Gasteiger charge is 2.19. The topological polar surface area (TPSA) is 17.3 Å². The van der Waals surface area contributed by atoms with E-state index < -0.39 is 0 Å². The van der Waals surface area contributed by atoms with E-state index in [1.807, 2.05) is 22.7 Å². The molecule has 4 aromatic heterocycles. The zero-order valence-corrected chi connectivity index (χ0v) is 20.1. The van der Waals surface area contributed by atoms with Crippen molar-refractivity contribution in [1.29, 1.82) is 0 Å². The number of thiophene rings is 2. The number of hydrogen-bond acceptors (Lipinski definition) is 3. The van der Waals surface area contributed by atoms with Gasteiger partial charge in [-0.3, -0.25) is 4.40 Å². The Morgan fingerprint density at radius 2 is 1.23 bits per heavy atom. The molecular weight excluding hydrogens is 464 g/mol. The summed E-state index contributed by atoms with van der Waals surface area (Å²) in [6.45, 7) is 0. The number of fused-ring (bicyclic) bond motifs is 15. The Morgan fingerprint density at radius 1 is 0.514 bits per heavy atom. The van der Waals surface area contributed by atoms with E-state index in [4.69, 9.17) is 4.98 Å². The smallest absolute Gasteiger partial charge is 0.147 e. The Hall–Kier alpha value is -3.99. The van der Waals surface area contributed by atoms with Gasteiger partial charge in [0.25, 0.3) is 0 Å². The quantitative estimate of drug-likeness (QED) is 0.198. The van der Waals surface area contributed by atoms with Gasteiger partial charge in [-0.1, -0.05) is 60.7 Å². The number of aromatic nitrogens is 2. The molecule has 0 aliphatic heterocycles. The summed E-state index contributed by atoms with van der Waals surface area (Å²) >= 11 is 3.75. The Bertz CT molecular complexity index is 2330. The van der Waals surface area contributed by atoms with Gasteiger partial charge in [0.1, 0.15) is 5.65 Å². The summed E-state index contributed by atoms with van der Waals surface area (Å²) in [5.74, 6) is 0. The van der Waals surface area contributed by atoms with Crippen molar-refractivity contribution >= 4 is 101 Å². The van der Waals surface area contributed by atoms with Gasteiger partial charge in [-0.05, 0) is 41.8 Å². The predicted molar refractivity (Wildman–Crippen MR) is 153 cm³/mol. The number of nitrogens with zero attached hydrogens (tertiary/aromatic N) is 2. The first-order chi connectivity index (χ1) is 17.3. The van der Waals surface area contributed by atoms with Gasteiger partial charge in [0.15, 0.2) is 0 Å². The molecule has 162 valence electrons. The molecule has 0 spiro atoms. The lowest BCUT2D eigenvalue weighted by atomic mass is 10.0. The number of rotatable bonds is 0. The van der Waals surface area contributed by atoms with E-state index in [2.05, 4.69) is 101 Å². The first-order valence-electron chi connectivity index (χ1n) is 11.7. The second-order valence-corrected chi connectivity index (χ2v) is 11.3. The summed E-state index contributed by atoms with van der Waals surface area (Å²) in [5.41, 5.74) is 4.47. The lowest BCUT2D eigenvalue weighted by Crippen LogP contribution is -1.91. The molecule has 0 aliphatic rings. The molecule has 9 rings (SSSR count). The van der Waals surface area contributed by atoms with Crippen LogP contribution in [-0.2, 0) is 0 Å². The van der Waals surface area contributed by atoms with Crippen molar-refractivity contribution in [1.82, 2.24) is 9.38 Å². The molecular formula is C31H16N2S2. The fourth-order valence-corrected chi connectivity index (χ4v) is 8.20. The van der Waals surface area contributed by atoms with Crippen molar-refractivity contribution in [2.45, 2.75) is 0 Å². The van der Waals surface area contributed by atoms with E-state index in [1.54, 1.807) is 0 Å². The summed E-state index contributed by atoms with van der Waals surface area (Å²) in [6, 6.07) is 35.4. The normalized spacial score (nSPS) is 12.6. The van der Waals surface area contributed by atoms with Crippen LogP contribution >= 0.6 is 22.7 Å². The molecule has 0 saturated heterocycles. The van der Waals surface area contributed by atoms with E-state index >= 15 is 0 Å². The molecule has 9 aromatic rings. The molecule has 0 aliphatic carbocycles. The van der Waals surface area contributed by atoms with Crippen LogP contribution in [0, 0.1) is 0 Å². The third-order valence-corrected chi connectivity index (χ3v) is 9.70. The predicted octanol–water partition coefficient (Wildman–Crippen LogP) is 9.53. The van der Waals surface area contributed by atoms with Gasteiger partial charge in [-0.15, -0.1) is 22.7 Å². The van der Waals surface area contributed by atoms with Crippen molar-refractivity contribution in [3.63, 3.8) is 0 Å². The zero-order valence-electron chi connectivity index (χ0n) is 18.4. The van der Waals surface area contributed by atoms with Crippen LogP contribution in [0.1, 0.15) is 0 Å². The van der Waals surface area contributed by atoms with Crippen molar-refractivity contribution in [3.8, 4) is 0 Å². The van der Waals surface area contributed by atoms with E-state index in [0.29, 0.717) is 0 Å². The minimum atomic E-state index is 1.04. The third kappa shape index (κ3) is 2.26. The molecule has 4 heteroatoms. The second-order valence-electron chi connectivity index (χ2n) is 9.19. The fraction of sp³-hybridized carbons (Fsp3) is 0.